The minimum Gasteiger partial charge on any atom is -0.273 e. The summed E-state index contributed by atoms with van der Waals surface area (Å²) in [6.07, 6.45) is 3.40. The van der Waals surface area contributed by atoms with Crippen LogP contribution in [0.15, 0.2) is 95.3 Å². The number of carbonyl (C=O) groups excluding carboxylic acids is 1. The molecule has 1 aliphatic rings. The zero-order valence-corrected chi connectivity index (χ0v) is 20.0. The van der Waals surface area contributed by atoms with Crippen molar-refractivity contribution in [2.24, 2.45) is 10.2 Å². The number of aromatic nitrogens is 2. The second-order valence-electron chi connectivity index (χ2n) is 8.00. The molecule has 0 radical (unpaired) electrons. The SMILES string of the molecule is Cc1ccc(-n2cc(/C=N/N=C3/SCC(=O)N3c3ccccc3)c(-c3ccc([N+](=O)[O-])cc3)n2)cc1. The number of para-hydroxylation sites is 1. The van der Waals surface area contributed by atoms with E-state index in [1.165, 1.54) is 23.9 Å². The minimum atomic E-state index is -0.438. The monoisotopic (exact) mass is 496 g/mol. The first-order valence-corrected chi connectivity index (χ1v) is 12.0. The van der Waals surface area contributed by atoms with Gasteiger partial charge in [-0.2, -0.15) is 10.2 Å². The molecule has 3 aromatic carbocycles. The van der Waals surface area contributed by atoms with Crippen molar-refractivity contribution in [2.45, 2.75) is 6.92 Å². The average molecular weight is 497 g/mol. The normalized spacial score (nSPS) is 14.8. The summed E-state index contributed by atoms with van der Waals surface area (Å²) in [5.74, 6) is 0.238. The van der Waals surface area contributed by atoms with E-state index in [1.54, 1.807) is 27.9 Å². The number of aryl methyl sites for hydroxylation is 1. The van der Waals surface area contributed by atoms with Crippen LogP contribution in [-0.2, 0) is 4.79 Å². The van der Waals surface area contributed by atoms with Crippen LogP contribution in [0.2, 0.25) is 0 Å². The molecular formula is C26H20N6O3S. The lowest BCUT2D eigenvalue weighted by Gasteiger charge is -2.14. The molecule has 0 saturated carbocycles. The Balaban J connectivity index is 1.51. The van der Waals surface area contributed by atoms with Crippen molar-refractivity contribution < 1.29 is 9.72 Å². The predicted octanol–water partition coefficient (Wildman–Crippen LogP) is 5.23. The van der Waals surface area contributed by atoms with Gasteiger partial charge in [0, 0.05) is 29.5 Å². The second-order valence-corrected chi connectivity index (χ2v) is 8.94. The first-order valence-electron chi connectivity index (χ1n) is 11.0. The number of non-ortho nitro benzene ring substituents is 1. The Labute approximate surface area is 210 Å². The maximum absolute atomic E-state index is 12.4. The average Bonchev–Trinajstić information content (AvgIpc) is 3.48. The Kier molecular flexibility index (Phi) is 6.42. The molecule has 1 fully saturated rings. The van der Waals surface area contributed by atoms with Crippen LogP contribution in [0.5, 0.6) is 0 Å². The van der Waals surface area contributed by atoms with E-state index >= 15 is 0 Å². The molecule has 0 unspecified atom stereocenters. The summed E-state index contributed by atoms with van der Waals surface area (Å²) in [6, 6.07) is 23.4. The molecule has 178 valence electrons. The van der Waals surface area contributed by atoms with Crippen molar-refractivity contribution in [1.82, 2.24) is 9.78 Å². The van der Waals surface area contributed by atoms with E-state index < -0.39 is 4.92 Å². The van der Waals surface area contributed by atoms with Crippen LogP contribution >= 0.6 is 11.8 Å². The molecule has 1 aliphatic heterocycles. The van der Waals surface area contributed by atoms with Gasteiger partial charge in [-0.1, -0.05) is 47.7 Å². The topological polar surface area (TPSA) is 106 Å². The van der Waals surface area contributed by atoms with Crippen LogP contribution in [0.25, 0.3) is 16.9 Å². The Morgan fingerprint density at radius 2 is 1.72 bits per heavy atom. The highest BCUT2D eigenvalue weighted by Gasteiger charge is 2.29. The molecule has 4 aromatic rings. The van der Waals surface area contributed by atoms with Gasteiger partial charge in [0.15, 0.2) is 5.17 Å². The lowest BCUT2D eigenvalue weighted by molar-refractivity contribution is -0.384. The molecule has 0 N–H and O–H groups in total. The van der Waals surface area contributed by atoms with Crippen LogP contribution in [0.1, 0.15) is 11.1 Å². The summed E-state index contributed by atoms with van der Waals surface area (Å²) in [6.45, 7) is 2.01. The number of hydrogen-bond acceptors (Lipinski definition) is 7. The van der Waals surface area contributed by atoms with Gasteiger partial charge < -0.3 is 0 Å². The molecule has 0 spiro atoms. The van der Waals surface area contributed by atoms with E-state index in [4.69, 9.17) is 5.10 Å². The number of carbonyl (C=O) groups is 1. The number of anilines is 1. The fourth-order valence-electron chi connectivity index (χ4n) is 3.68. The zero-order chi connectivity index (χ0) is 25.1. The summed E-state index contributed by atoms with van der Waals surface area (Å²) in [5.41, 5.74) is 4.71. The van der Waals surface area contributed by atoms with Crippen LogP contribution in [-0.4, -0.2) is 37.7 Å². The summed E-state index contributed by atoms with van der Waals surface area (Å²) in [7, 11) is 0. The van der Waals surface area contributed by atoms with Gasteiger partial charge in [-0.25, -0.2) is 4.68 Å². The first kappa shape index (κ1) is 23.2. The minimum absolute atomic E-state index is 0.00210. The third-order valence-corrected chi connectivity index (χ3v) is 6.43. The Morgan fingerprint density at radius 1 is 1.00 bits per heavy atom. The van der Waals surface area contributed by atoms with Crippen LogP contribution < -0.4 is 4.90 Å². The molecule has 2 heterocycles. The second kappa shape index (κ2) is 9.96. The zero-order valence-electron chi connectivity index (χ0n) is 19.2. The third-order valence-electron chi connectivity index (χ3n) is 5.51. The smallest absolute Gasteiger partial charge is 0.269 e. The lowest BCUT2D eigenvalue weighted by atomic mass is 10.1. The molecule has 0 aliphatic carbocycles. The first-order chi connectivity index (χ1) is 17.5. The number of hydrogen-bond donors (Lipinski definition) is 0. The number of thioether (sulfide) groups is 1. The molecule has 1 amide bonds. The van der Waals surface area contributed by atoms with Crippen molar-refractivity contribution in [1.29, 1.82) is 0 Å². The number of amidine groups is 1. The van der Waals surface area contributed by atoms with E-state index in [9.17, 15) is 14.9 Å². The standard InChI is InChI=1S/C26H20N6O3S/c1-18-7-11-21(12-8-18)30-16-20(25(29-30)19-9-13-23(14-10-19)32(34)35)15-27-28-26-31(24(33)17-36-26)22-5-3-2-4-6-22/h2-16H,17H2,1H3/b27-15+,28-26+. The Hall–Kier alpha value is -4.57. The van der Waals surface area contributed by atoms with Gasteiger partial charge in [0.25, 0.3) is 5.69 Å². The molecule has 36 heavy (non-hydrogen) atoms. The molecule has 10 heteroatoms. The van der Waals surface area contributed by atoms with E-state index in [1.807, 2.05) is 67.7 Å². The van der Waals surface area contributed by atoms with Gasteiger partial charge in [-0.3, -0.25) is 19.8 Å². The van der Waals surface area contributed by atoms with Gasteiger partial charge in [0.2, 0.25) is 5.91 Å². The van der Waals surface area contributed by atoms with Gasteiger partial charge in [-0.05, 0) is 43.3 Å². The number of benzene rings is 3. The maximum Gasteiger partial charge on any atom is 0.269 e. The van der Waals surface area contributed by atoms with E-state index in [0.717, 1.165) is 16.9 Å². The van der Waals surface area contributed by atoms with Crippen molar-refractivity contribution in [3.8, 4) is 16.9 Å². The highest BCUT2D eigenvalue weighted by Crippen LogP contribution is 2.27. The molecule has 0 atom stereocenters. The number of rotatable bonds is 6. The van der Waals surface area contributed by atoms with Crippen molar-refractivity contribution in [2.75, 3.05) is 10.7 Å². The number of nitrogens with zero attached hydrogens (tertiary/aromatic N) is 6. The van der Waals surface area contributed by atoms with E-state index in [-0.39, 0.29) is 11.6 Å². The van der Waals surface area contributed by atoms with E-state index in [0.29, 0.717) is 27.7 Å². The summed E-state index contributed by atoms with van der Waals surface area (Å²) < 4.78 is 1.73. The fourth-order valence-corrected chi connectivity index (χ4v) is 4.51. The van der Waals surface area contributed by atoms with Gasteiger partial charge in [0.05, 0.1) is 28.3 Å². The molecule has 0 bridgehead atoms. The van der Waals surface area contributed by atoms with Crippen LogP contribution in [0.3, 0.4) is 0 Å². The van der Waals surface area contributed by atoms with Crippen LogP contribution in [0.4, 0.5) is 11.4 Å². The van der Waals surface area contributed by atoms with Gasteiger partial charge in [-0.15, -0.1) is 5.10 Å². The van der Waals surface area contributed by atoms with Crippen molar-refractivity contribution in [3.05, 3.63) is 106 Å². The lowest BCUT2D eigenvalue weighted by Crippen LogP contribution is -2.28. The molecular weight excluding hydrogens is 476 g/mol. The predicted molar refractivity (Wildman–Crippen MR) is 142 cm³/mol. The third kappa shape index (κ3) is 4.80. The summed E-state index contributed by atoms with van der Waals surface area (Å²) >= 11 is 1.32. The van der Waals surface area contributed by atoms with Gasteiger partial charge >= 0.3 is 0 Å². The highest BCUT2D eigenvalue weighted by molar-refractivity contribution is 8.15. The highest BCUT2D eigenvalue weighted by atomic mass is 32.2. The van der Waals surface area contributed by atoms with Crippen LogP contribution in [0, 0.1) is 17.0 Å². The summed E-state index contributed by atoms with van der Waals surface area (Å²) in [4.78, 5) is 24.6. The largest absolute Gasteiger partial charge is 0.273 e. The molecule has 5 rings (SSSR count). The molecule has 1 aromatic heterocycles. The quantitative estimate of drug-likeness (QED) is 0.207. The maximum atomic E-state index is 12.4. The molecule has 1 saturated heterocycles. The van der Waals surface area contributed by atoms with Crippen molar-refractivity contribution >= 4 is 40.4 Å². The number of amides is 1. The van der Waals surface area contributed by atoms with Gasteiger partial charge in [0.1, 0.15) is 5.69 Å². The van der Waals surface area contributed by atoms with Crippen molar-refractivity contribution in [3.63, 3.8) is 0 Å². The molecule has 9 nitrogen and oxygen atoms in total. The van der Waals surface area contributed by atoms with E-state index in [2.05, 4.69) is 10.2 Å². The number of nitro benzene ring substituents is 1. The summed E-state index contributed by atoms with van der Waals surface area (Å²) in [5, 5.41) is 24.9. The fraction of sp³-hybridized carbons (Fsp3) is 0.0769. The Bertz CT molecular complexity index is 1480. The number of nitro groups is 1. The Morgan fingerprint density at radius 3 is 2.42 bits per heavy atom.